The molecular formula is C17H19NO5S. The number of carbonyl (C=O) groups is 3. The first kappa shape index (κ1) is 18.1. The van der Waals surface area contributed by atoms with Crippen molar-refractivity contribution >= 4 is 29.4 Å². The Balaban J connectivity index is 2.30. The van der Waals surface area contributed by atoms with Gasteiger partial charge in [0, 0.05) is 11.1 Å². The van der Waals surface area contributed by atoms with Crippen LogP contribution in [0, 0.1) is 0 Å². The fraction of sp³-hybridized carbons (Fsp3) is 0.353. The van der Waals surface area contributed by atoms with Crippen molar-refractivity contribution in [2.24, 2.45) is 0 Å². The molecule has 7 heteroatoms. The molecule has 1 aliphatic heterocycles. The highest BCUT2D eigenvalue weighted by Crippen LogP contribution is 2.32. The van der Waals surface area contributed by atoms with Gasteiger partial charge in [-0.15, -0.1) is 0 Å². The molecule has 1 aromatic rings. The molecule has 0 N–H and O–H groups in total. The monoisotopic (exact) mass is 349 g/mol. The van der Waals surface area contributed by atoms with E-state index in [0.29, 0.717) is 21.9 Å². The van der Waals surface area contributed by atoms with Crippen molar-refractivity contribution in [3.63, 3.8) is 0 Å². The third-order valence-corrected chi connectivity index (χ3v) is 4.48. The molecule has 0 radical (unpaired) electrons. The van der Waals surface area contributed by atoms with Crippen LogP contribution in [-0.4, -0.2) is 42.0 Å². The molecule has 1 heterocycles. The van der Waals surface area contributed by atoms with Crippen molar-refractivity contribution in [2.45, 2.75) is 20.4 Å². The van der Waals surface area contributed by atoms with Gasteiger partial charge in [-0.25, -0.2) is 4.79 Å². The van der Waals surface area contributed by atoms with Crippen molar-refractivity contribution in [3.8, 4) is 5.75 Å². The molecule has 1 saturated heterocycles. The van der Waals surface area contributed by atoms with Crippen LogP contribution in [0.25, 0.3) is 0 Å². The number of ketones is 1. The molecule has 0 aromatic heterocycles. The minimum atomic E-state index is -0.482. The maximum absolute atomic E-state index is 12.2. The predicted molar refractivity (Wildman–Crippen MR) is 90.7 cm³/mol. The Morgan fingerprint density at radius 1 is 1.38 bits per heavy atom. The van der Waals surface area contributed by atoms with Gasteiger partial charge in [0.2, 0.25) is 5.91 Å². The van der Waals surface area contributed by atoms with E-state index in [1.165, 1.54) is 36.8 Å². The summed E-state index contributed by atoms with van der Waals surface area (Å²) in [5.41, 5.74) is 1.25. The summed E-state index contributed by atoms with van der Waals surface area (Å²) < 4.78 is 10.2. The van der Waals surface area contributed by atoms with Crippen LogP contribution in [0.15, 0.2) is 29.3 Å². The number of hydrogen-bond acceptors (Lipinski definition) is 6. The second-order valence-electron chi connectivity index (χ2n) is 5.09. The second-order valence-corrected chi connectivity index (χ2v) is 6.08. The van der Waals surface area contributed by atoms with E-state index in [1.54, 1.807) is 25.1 Å². The Bertz CT molecular complexity index is 698. The number of methoxy groups -OCH3 is 1. The van der Waals surface area contributed by atoms with Crippen molar-refractivity contribution in [3.05, 3.63) is 40.4 Å². The van der Waals surface area contributed by atoms with E-state index in [2.05, 4.69) is 0 Å². The molecule has 0 aliphatic carbocycles. The Morgan fingerprint density at radius 3 is 2.75 bits per heavy atom. The van der Waals surface area contributed by atoms with Crippen LogP contribution in [0.5, 0.6) is 5.75 Å². The SMILES string of the molecule is CCOC(=O)C=C1SCC(=O)N1Cc1cc(C(C)=O)ccc1OC. The molecular weight excluding hydrogens is 330 g/mol. The lowest BCUT2D eigenvalue weighted by Crippen LogP contribution is -2.25. The summed E-state index contributed by atoms with van der Waals surface area (Å²) in [5.74, 6) is 0.193. The molecule has 1 aromatic carbocycles. The first-order chi connectivity index (χ1) is 11.5. The van der Waals surface area contributed by atoms with Gasteiger partial charge >= 0.3 is 5.97 Å². The zero-order valence-electron chi connectivity index (χ0n) is 13.8. The molecule has 24 heavy (non-hydrogen) atoms. The van der Waals surface area contributed by atoms with Crippen LogP contribution in [0.3, 0.4) is 0 Å². The topological polar surface area (TPSA) is 72.9 Å². The number of nitrogens with zero attached hydrogens (tertiary/aromatic N) is 1. The third-order valence-electron chi connectivity index (χ3n) is 3.45. The van der Waals surface area contributed by atoms with E-state index < -0.39 is 5.97 Å². The van der Waals surface area contributed by atoms with Gasteiger partial charge in [-0.3, -0.25) is 9.59 Å². The molecule has 0 spiro atoms. The van der Waals surface area contributed by atoms with Crippen LogP contribution < -0.4 is 4.74 Å². The molecule has 1 aliphatic rings. The van der Waals surface area contributed by atoms with Gasteiger partial charge in [-0.05, 0) is 32.0 Å². The first-order valence-corrected chi connectivity index (χ1v) is 8.44. The number of amides is 1. The molecule has 0 unspecified atom stereocenters. The Morgan fingerprint density at radius 2 is 2.12 bits per heavy atom. The van der Waals surface area contributed by atoms with Gasteiger partial charge in [0.05, 0.1) is 37.1 Å². The Kier molecular flexibility index (Phi) is 6.03. The molecule has 0 bridgehead atoms. The van der Waals surface area contributed by atoms with Crippen LogP contribution in [0.2, 0.25) is 0 Å². The first-order valence-electron chi connectivity index (χ1n) is 7.45. The van der Waals surface area contributed by atoms with E-state index >= 15 is 0 Å². The van der Waals surface area contributed by atoms with Crippen LogP contribution in [0.1, 0.15) is 29.8 Å². The molecule has 128 valence electrons. The number of ether oxygens (including phenoxy) is 2. The van der Waals surface area contributed by atoms with Crippen molar-refractivity contribution in [2.75, 3.05) is 19.5 Å². The molecule has 1 fully saturated rings. The number of carbonyl (C=O) groups excluding carboxylic acids is 3. The Hall–Kier alpha value is -2.28. The standard InChI is InChI=1S/C17H19NO5S/c1-4-23-17(21)8-16-18(15(20)10-24-16)9-13-7-12(11(2)19)5-6-14(13)22-3/h5-8H,4,9-10H2,1-3H3. The van der Waals surface area contributed by atoms with Gasteiger partial charge in [0.1, 0.15) is 5.75 Å². The van der Waals surface area contributed by atoms with E-state index in [0.717, 1.165) is 0 Å². The van der Waals surface area contributed by atoms with E-state index in [-0.39, 0.29) is 30.6 Å². The fourth-order valence-corrected chi connectivity index (χ4v) is 3.21. The fourth-order valence-electron chi connectivity index (χ4n) is 2.28. The highest BCUT2D eigenvalue weighted by atomic mass is 32.2. The van der Waals surface area contributed by atoms with E-state index in [4.69, 9.17) is 9.47 Å². The van der Waals surface area contributed by atoms with Crippen molar-refractivity contribution in [1.82, 2.24) is 4.90 Å². The number of rotatable bonds is 6. The van der Waals surface area contributed by atoms with Gasteiger partial charge < -0.3 is 14.4 Å². The minimum absolute atomic E-state index is 0.0664. The summed E-state index contributed by atoms with van der Waals surface area (Å²) in [5, 5.41) is 0.536. The van der Waals surface area contributed by atoms with Gasteiger partial charge in [0.25, 0.3) is 0 Å². The average molecular weight is 349 g/mol. The van der Waals surface area contributed by atoms with E-state index in [9.17, 15) is 14.4 Å². The number of Topliss-reactive ketones (excluding diaryl/α,β-unsaturated/α-hetero) is 1. The lowest BCUT2D eigenvalue weighted by molar-refractivity contribution is -0.137. The smallest absolute Gasteiger partial charge is 0.333 e. The lowest BCUT2D eigenvalue weighted by atomic mass is 10.1. The summed E-state index contributed by atoms with van der Waals surface area (Å²) in [7, 11) is 1.53. The normalized spacial score (nSPS) is 15.7. The molecule has 0 atom stereocenters. The zero-order valence-corrected chi connectivity index (χ0v) is 14.6. The van der Waals surface area contributed by atoms with E-state index in [1.807, 2.05) is 0 Å². The number of thioether (sulfide) groups is 1. The van der Waals surface area contributed by atoms with Crippen LogP contribution >= 0.6 is 11.8 Å². The number of benzene rings is 1. The van der Waals surface area contributed by atoms with Crippen molar-refractivity contribution < 1.29 is 23.9 Å². The summed E-state index contributed by atoms with van der Waals surface area (Å²) in [6, 6.07) is 5.09. The van der Waals surface area contributed by atoms with Crippen LogP contribution in [-0.2, 0) is 20.9 Å². The van der Waals surface area contributed by atoms with Crippen LogP contribution in [0.4, 0.5) is 0 Å². The third kappa shape index (κ3) is 4.17. The summed E-state index contributed by atoms with van der Waals surface area (Å²) in [6.07, 6.45) is 1.32. The molecule has 1 amide bonds. The van der Waals surface area contributed by atoms with Gasteiger partial charge in [0.15, 0.2) is 5.78 Å². The summed E-state index contributed by atoms with van der Waals surface area (Å²) >= 11 is 1.28. The summed E-state index contributed by atoms with van der Waals surface area (Å²) in [6.45, 7) is 3.70. The molecule has 0 saturated carbocycles. The zero-order chi connectivity index (χ0) is 17.7. The molecule has 6 nitrogen and oxygen atoms in total. The predicted octanol–water partition coefficient (Wildman–Crippen LogP) is 2.38. The quantitative estimate of drug-likeness (QED) is 0.446. The minimum Gasteiger partial charge on any atom is -0.496 e. The average Bonchev–Trinajstić information content (AvgIpc) is 2.88. The second kappa shape index (κ2) is 8.01. The summed E-state index contributed by atoms with van der Waals surface area (Å²) in [4.78, 5) is 36.9. The number of esters is 1. The maximum atomic E-state index is 12.2. The lowest BCUT2D eigenvalue weighted by Gasteiger charge is -2.19. The molecule has 2 rings (SSSR count). The Labute approximate surface area is 144 Å². The van der Waals surface area contributed by atoms with Gasteiger partial charge in [-0.1, -0.05) is 11.8 Å². The number of hydrogen-bond donors (Lipinski definition) is 0. The maximum Gasteiger partial charge on any atom is 0.333 e. The highest BCUT2D eigenvalue weighted by Gasteiger charge is 2.28. The van der Waals surface area contributed by atoms with Gasteiger partial charge in [-0.2, -0.15) is 0 Å². The largest absolute Gasteiger partial charge is 0.496 e. The highest BCUT2D eigenvalue weighted by molar-refractivity contribution is 8.04. The van der Waals surface area contributed by atoms with Crippen molar-refractivity contribution in [1.29, 1.82) is 0 Å².